The minimum Gasteiger partial charge on any atom is -0.333 e. The highest BCUT2D eigenvalue weighted by Crippen LogP contribution is 2.27. The van der Waals surface area contributed by atoms with Crippen LogP contribution in [0.4, 0.5) is 4.39 Å². The Hall–Kier alpha value is -3.81. The monoisotopic (exact) mass is 445 g/mol. The van der Waals surface area contributed by atoms with Crippen LogP contribution in [0.25, 0.3) is 16.6 Å². The second-order valence-electron chi connectivity index (χ2n) is 8.41. The largest absolute Gasteiger partial charge is 0.333 e. The Bertz CT molecular complexity index is 1390. The third kappa shape index (κ3) is 4.04. The van der Waals surface area contributed by atoms with E-state index in [1.165, 1.54) is 17.0 Å². The van der Waals surface area contributed by atoms with Gasteiger partial charge in [0.05, 0.1) is 23.1 Å². The lowest BCUT2D eigenvalue weighted by Gasteiger charge is -2.16. The van der Waals surface area contributed by atoms with Crippen molar-refractivity contribution < 1.29 is 9.18 Å². The molecule has 8 heteroatoms. The average molecular weight is 445 g/mol. The number of aromatic nitrogens is 4. The number of aromatic amines is 1. The second-order valence-corrected chi connectivity index (χ2v) is 8.41. The normalized spacial score (nSPS) is 13.5. The van der Waals surface area contributed by atoms with Gasteiger partial charge in [-0.05, 0) is 62.1 Å². The predicted octanol–water partition coefficient (Wildman–Crippen LogP) is 3.79. The van der Waals surface area contributed by atoms with E-state index in [4.69, 9.17) is 0 Å². The van der Waals surface area contributed by atoms with Crippen molar-refractivity contribution in [3.8, 4) is 5.69 Å². The van der Waals surface area contributed by atoms with E-state index in [1.54, 1.807) is 42.1 Å². The van der Waals surface area contributed by atoms with Crippen LogP contribution in [-0.2, 0) is 19.4 Å². The molecule has 0 radical (unpaired) electrons. The maximum atomic E-state index is 13.5. The number of carbonyl (C=O) groups is 1. The molecule has 1 aliphatic carbocycles. The van der Waals surface area contributed by atoms with Crippen molar-refractivity contribution in [3.05, 3.63) is 87.5 Å². The van der Waals surface area contributed by atoms with Crippen LogP contribution in [-0.4, -0.2) is 37.6 Å². The molecule has 0 atom stereocenters. The van der Waals surface area contributed by atoms with Crippen molar-refractivity contribution in [2.45, 2.75) is 38.6 Å². The van der Waals surface area contributed by atoms with Gasteiger partial charge >= 0.3 is 0 Å². The molecule has 2 heterocycles. The van der Waals surface area contributed by atoms with Crippen molar-refractivity contribution in [1.82, 2.24) is 24.6 Å². The van der Waals surface area contributed by atoms with Crippen LogP contribution in [0.5, 0.6) is 0 Å². The molecule has 2 aromatic carbocycles. The van der Waals surface area contributed by atoms with Gasteiger partial charge in [0.2, 0.25) is 0 Å². The Kier molecular flexibility index (Phi) is 5.50. The lowest BCUT2D eigenvalue weighted by molar-refractivity contribution is 0.0774. The summed E-state index contributed by atoms with van der Waals surface area (Å²) in [7, 11) is 1.68. The molecule has 0 saturated carbocycles. The first-order valence-electron chi connectivity index (χ1n) is 11.1. The van der Waals surface area contributed by atoms with Crippen molar-refractivity contribution >= 4 is 16.8 Å². The molecule has 0 bridgehead atoms. The minimum absolute atomic E-state index is 0.150. The van der Waals surface area contributed by atoms with Gasteiger partial charge in [-0.2, -0.15) is 5.10 Å². The summed E-state index contributed by atoms with van der Waals surface area (Å²) in [5, 5.41) is 5.19. The maximum Gasteiger partial charge on any atom is 0.274 e. The number of nitrogens with zero attached hydrogens (tertiary/aromatic N) is 4. The van der Waals surface area contributed by atoms with E-state index >= 15 is 0 Å². The number of nitrogens with one attached hydrogen (secondary N) is 1. The molecular weight excluding hydrogens is 421 g/mol. The number of hydrogen-bond acceptors (Lipinski definition) is 4. The zero-order valence-corrected chi connectivity index (χ0v) is 18.3. The summed E-state index contributed by atoms with van der Waals surface area (Å²) in [5.74, 6) is -0.131. The summed E-state index contributed by atoms with van der Waals surface area (Å²) in [6.07, 6.45) is 4.69. The van der Waals surface area contributed by atoms with Gasteiger partial charge in [-0.25, -0.2) is 14.1 Å². The summed E-state index contributed by atoms with van der Waals surface area (Å²) in [6.45, 7) is 0.150. The van der Waals surface area contributed by atoms with Crippen molar-refractivity contribution in [3.63, 3.8) is 0 Å². The standard InChI is InChI=1S/C25H24FN5O2/c1-30(15-22-27-20-9-6-5-7-18(20)24(32)28-22)25(33)23-19-8-3-2-4-10-21(19)31(29-23)17-13-11-16(26)12-14-17/h5-7,9,11-14H,2-4,8,10,15H2,1H3,(H,27,28,32). The van der Waals surface area contributed by atoms with Crippen LogP contribution >= 0.6 is 0 Å². The number of fused-ring (bicyclic) bond motifs is 2. The number of H-pyrrole nitrogens is 1. The van der Waals surface area contributed by atoms with E-state index < -0.39 is 0 Å². The number of carbonyl (C=O) groups excluding carboxylic acids is 1. The fourth-order valence-corrected chi connectivity index (χ4v) is 4.43. The number of rotatable bonds is 4. The summed E-state index contributed by atoms with van der Waals surface area (Å²) in [6, 6.07) is 13.3. The molecule has 5 rings (SSSR count). The van der Waals surface area contributed by atoms with Crippen molar-refractivity contribution in [2.24, 2.45) is 0 Å². The predicted molar refractivity (Wildman–Crippen MR) is 123 cm³/mol. The van der Waals surface area contributed by atoms with Gasteiger partial charge in [-0.3, -0.25) is 9.59 Å². The molecule has 1 N–H and O–H groups in total. The van der Waals surface area contributed by atoms with Crippen molar-refractivity contribution in [1.29, 1.82) is 0 Å². The Labute approximate surface area is 189 Å². The van der Waals surface area contributed by atoms with E-state index in [0.29, 0.717) is 22.4 Å². The zero-order chi connectivity index (χ0) is 22.9. The van der Waals surface area contributed by atoms with Crippen LogP contribution in [0.1, 0.15) is 46.8 Å². The van der Waals surface area contributed by atoms with Gasteiger partial charge in [-0.15, -0.1) is 0 Å². The molecule has 4 aromatic rings. The van der Waals surface area contributed by atoms with E-state index in [-0.39, 0.29) is 23.8 Å². The third-order valence-corrected chi connectivity index (χ3v) is 6.10. The number of hydrogen-bond donors (Lipinski definition) is 1. The highest BCUT2D eigenvalue weighted by molar-refractivity contribution is 5.94. The lowest BCUT2D eigenvalue weighted by atomic mass is 10.1. The van der Waals surface area contributed by atoms with Gasteiger partial charge in [0.1, 0.15) is 11.6 Å². The lowest BCUT2D eigenvalue weighted by Crippen LogP contribution is -2.29. The van der Waals surface area contributed by atoms with Gasteiger partial charge in [0, 0.05) is 18.3 Å². The Balaban J connectivity index is 1.49. The van der Waals surface area contributed by atoms with Crippen molar-refractivity contribution in [2.75, 3.05) is 7.05 Å². The molecule has 0 aliphatic heterocycles. The van der Waals surface area contributed by atoms with Crippen LogP contribution in [0, 0.1) is 5.82 Å². The average Bonchev–Trinajstić information content (AvgIpc) is 2.99. The molecule has 0 fully saturated rings. The summed E-state index contributed by atoms with van der Waals surface area (Å²) < 4.78 is 15.2. The van der Waals surface area contributed by atoms with Crippen LogP contribution < -0.4 is 5.56 Å². The second kappa shape index (κ2) is 8.61. The first-order valence-corrected chi connectivity index (χ1v) is 11.1. The fourth-order valence-electron chi connectivity index (χ4n) is 4.43. The summed E-state index contributed by atoms with van der Waals surface area (Å²) in [5.41, 5.74) is 3.46. The zero-order valence-electron chi connectivity index (χ0n) is 18.3. The highest BCUT2D eigenvalue weighted by atomic mass is 19.1. The molecule has 0 saturated heterocycles. The molecule has 1 amide bonds. The van der Waals surface area contributed by atoms with E-state index in [0.717, 1.165) is 49.0 Å². The number of para-hydroxylation sites is 1. The van der Waals surface area contributed by atoms with E-state index in [9.17, 15) is 14.0 Å². The fraction of sp³-hybridized carbons (Fsp3) is 0.280. The third-order valence-electron chi connectivity index (χ3n) is 6.10. The quantitative estimate of drug-likeness (QED) is 0.485. The molecule has 0 unspecified atom stereocenters. The molecule has 33 heavy (non-hydrogen) atoms. The maximum absolute atomic E-state index is 13.5. The molecular formula is C25H24FN5O2. The minimum atomic E-state index is -0.315. The van der Waals surface area contributed by atoms with E-state index in [1.807, 2.05) is 6.07 Å². The Morgan fingerprint density at radius 3 is 2.67 bits per heavy atom. The summed E-state index contributed by atoms with van der Waals surface area (Å²) in [4.78, 5) is 34.6. The summed E-state index contributed by atoms with van der Waals surface area (Å²) >= 11 is 0. The first kappa shape index (κ1) is 21.1. The van der Waals surface area contributed by atoms with E-state index in [2.05, 4.69) is 15.1 Å². The number of benzene rings is 2. The van der Waals surface area contributed by atoms with Gasteiger partial charge in [0.15, 0.2) is 5.69 Å². The van der Waals surface area contributed by atoms with Gasteiger partial charge < -0.3 is 9.88 Å². The van der Waals surface area contributed by atoms with Crippen LogP contribution in [0.3, 0.4) is 0 Å². The Morgan fingerprint density at radius 1 is 1.09 bits per heavy atom. The molecule has 2 aromatic heterocycles. The first-order chi connectivity index (χ1) is 16.0. The SMILES string of the molecule is CN(Cc1nc2ccccc2c(=O)[nH]1)C(=O)c1nn(-c2ccc(F)cc2)c2c1CCCCC2. The van der Waals surface area contributed by atoms with Crippen LogP contribution in [0.2, 0.25) is 0 Å². The van der Waals surface area contributed by atoms with Gasteiger partial charge in [-0.1, -0.05) is 18.6 Å². The molecule has 168 valence electrons. The smallest absolute Gasteiger partial charge is 0.274 e. The molecule has 0 spiro atoms. The number of halogens is 1. The number of amides is 1. The highest BCUT2D eigenvalue weighted by Gasteiger charge is 2.27. The van der Waals surface area contributed by atoms with Crippen LogP contribution in [0.15, 0.2) is 53.3 Å². The molecule has 1 aliphatic rings. The Morgan fingerprint density at radius 2 is 1.85 bits per heavy atom. The van der Waals surface area contributed by atoms with Gasteiger partial charge in [0.25, 0.3) is 11.5 Å². The topological polar surface area (TPSA) is 83.9 Å². The molecule has 7 nitrogen and oxygen atoms in total.